The number of nitrogen functional groups attached to an aromatic ring is 1. The molecule has 0 bridgehead atoms. The van der Waals surface area contributed by atoms with Gasteiger partial charge >= 0.3 is 5.97 Å². The van der Waals surface area contributed by atoms with Crippen molar-refractivity contribution < 1.29 is 9.53 Å². The molecule has 0 atom stereocenters. The van der Waals surface area contributed by atoms with Crippen LogP contribution in [0.15, 0.2) is 30.5 Å². The number of carbonyl (C=O) groups is 1. The summed E-state index contributed by atoms with van der Waals surface area (Å²) in [5, 5.41) is 2.15. The molecule has 0 radical (unpaired) electrons. The van der Waals surface area contributed by atoms with E-state index in [4.69, 9.17) is 10.5 Å². The van der Waals surface area contributed by atoms with Crippen LogP contribution in [-0.4, -0.2) is 20.9 Å². The molecule has 4 aromatic rings. The number of fused-ring (bicyclic) bond motifs is 4. The predicted octanol–water partition coefficient (Wildman–Crippen LogP) is 4.70. The SMILES string of the molecule is Nc1nc(COC(=O)CCc2c[nH]c3ccccc23)nc2sc3c(c12)CCCCC3. The van der Waals surface area contributed by atoms with Crippen LogP contribution in [-0.2, 0) is 35.4 Å². The quantitative estimate of drug-likeness (QED) is 0.360. The predicted molar refractivity (Wildman–Crippen MR) is 120 cm³/mol. The van der Waals surface area contributed by atoms with E-state index in [1.807, 2.05) is 24.4 Å². The summed E-state index contributed by atoms with van der Waals surface area (Å²) in [6.07, 6.45) is 8.70. The summed E-state index contributed by atoms with van der Waals surface area (Å²) in [7, 11) is 0. The molecule has 3 N–H and O–H groups in total. The molecule has 0 unspecified atom stereocenters. The molecule has 7 heteroatoms. The first-order chi connectivity index (χ1) is 14.7. The Labute approximate surface area is 178 Å². The number of aryl methyl sites for hydroxylation is 3. The number of hydrogen-bond donors (Lipinski definition) is 2. The van der Waals surface area contributed by atoms with Gasteiger partial charge in [-0.15, -0.1) is 11.3 Å². The fourth-order valence-electron chi connectivity index (χ4n) is 4.27. The van der Waals surface area contributed by atoms with Crippen LogP contribution in [0, 0.1) is 0 Å². The second kappa shape index (κ2) is 8.07. The fourth-order valence-corrected chi connectivity index (χ4v) is 5.55. The number of hydrogen-bond acceptors (Lipinski definition) is 6. The van der Waals surface area contributed by atoms with Crippen LogP contribution in [0.1, 0.15) is 47.5 Å². The van der Waals surface area contributed by atoms with Crippen LogP contribution < -0.4 is 5.73 Å². The van der Waals surface area contributed by atoms with Gasteiger partial charge in [0.1, 0.15) is 10.6 Å². The summed E-state index contributed by atoms with van der Waals surface area (Å²) in [6.45, 7) is 0.0510. The van der Waals surface area contributed by atoms with Crippen molar-refractivity contribution in [1.29, 1.82) is 0 Å². The molecule has 5 rings (SSSR count). The van der Waals surface area contributed by atoms with Gasteiger partial charge in [-0.2, -0.15) is 0 Å². The summed E-state index contributed by atoms with van der Waals surface area (Å²) in [4.78, 5) is 26.9. The number of ether oxygens (including phenoxy) is 1. The normalized spacial score (nSPS) is 14.0. The highest BCUT2D eigenvalue weighted by molar-refractivity contribution is 7.19. The topological polar surface area (TPSA) is 93.9 Å². The number of nitrogens with zero attached hydrogens (tertiary/aromatic N) is 2. The summed E-state index contributed by atoms with van der Waals surface area (Å²) in [5.74, 6) is 0.714. The molecular formula is C23H24N4O2S. The van der Waals surface area contributed by atoms with E-state index in [-0.39, 0.29) is 12.6 Å². The molecule has 1 aliphatic rings. The Hall–Kier alpha value is -2.93. The lowest BCUT2D eigenvalue weighted by molar-refractivity contribution is -0.145. The van der Waals surface area contributed by atoms with Gasteiger partial charge in [0, 0.05) is 28.4 Å². The number of nitrogens with two attached hydrogens (primary N) is 1. The van der Waals surface area contributed by atoms with Crippen molar-refractivity contribution in [2.24, 2.45) is 0 Å². The molecule has 0 fully saturated rings. The van der Waals surface area contributed by atoms with Crippen molar-refractivity contribution in [3.8, 4) is 0 Å². The Morgan fingerprint density at radius 2 is 2.03 bits per heavy atom. The van der Waals surface area contributed by atoms with E-state index >= 15 is 0 Å². The molecule has 3 heterocycles. The van der Waals surface area contributed by atoms with Crippen LogP contribution in [0.3, 0.4) is 0 Å². The standard InChI is InChI=1S/C23H24N4O2S/c24-22-21-16-7-2-1-3-9-18(16)30-23(21)27-19(26-22)13-29-20(28)11-10-14-12-25-17-8-5-4-6-15(14)17/h4-6,8,12,25H,1-3,7,9-11,13H2,(H2,24,26,27). The van der Waals surface area contributed by atoms with E-state index in [9.17, 15) is 4.79 Å². The maximum absolute atomic E-state index is 12.3. The maximum Gasteiger partial charge on any atom is 0.306 e. The monoisotopic (exact) mass is 420 g/mol. The fraction of sp³-hybridized carbons (Fsp3) is 0.348. The molecule has 0 saturated carbocycles. The van der Waals surface area contributed by atoms with Gasteiger partial charge in [0.15, 0.2) is 12.4 Å². The number of esters is 1. The Morgan fingerprint density at radius 3 is 2.97 bits per heavy atom. The van der Waals surface area contributed by atoms with E-state index in [2.05, 4.69) is 21.0 Å². The number of H-pyrrole nitrogens is 1. The minimum Gasteiger partial charge on any atom is -0.457 e. The highest BCUT2D eigenvalue weighted by Crippen LogP contribution is 2.37. The number of aromatic amines is 1. The number of benzene rings is 1. The van der Waals surface area contributed by atoms with Crippen molar-refractivity contribution >= 4 is 44.2 Å². The molecule has 0 spiro atoms. The average molecular weight is 421 g/mol. The van der Waals surface area contributed by atoms with E-state index in [0.29, 0.717) is 24.5 Å². The third-order valence-electron chi connectivity index (χ3n) is 5.77. The van der Waals surface area contributed by atoms with Crippen LogP contribution in [0.5, 0.6) is 0 Å². The van der Waals surface area contributed by atoms with E-state index in [0.717, 1.165) is 39.5 Å². The Bertz CT molecular complexity index is 1230. The zero-order valence-corrected chi connectivity index (χ0v) is 17.6. The third-order valence-corrected chi connectivity index (χ3v) is 6.96. The molecule has 154 valence electrons. The van der Waals surface area contributed by atoms with Gasteiger partial charge in [-0.3, -0.25) is 4.79 Å². The van der Waals surface area contributed by atoms with Gasteiger partial charge in [-0.05, 0) is 49.3 Å². The van der Waals surface area contributed by atoms with Crippen molar-refractivity contribution in [3.63, 3.8) is 0 Å². The highest BCUT2D eigenvalue weighted by Gasteiger charge is 2.19. The Balaban J connectivity index is 1.25. The average Bonchev–Trinajstić information content (AvgIpc) is 3.24. The number of para-hydroxylation sites is 1. The van der Waals surface area contributed by atoms with Gasteiger partial charge in [0.25, 0.3) is 0 Å². The number of nitrogens with one attached hydrogen (secondary N) is 1. The first kappa shape index (κ1) is 19.1. The minimum absolute atomic E-state index is 0.0510. The molecule has 1 aromatic carbocycles. The van der Waals surface area contributed by atoms with Gasteiger partial charge in [0.2, 0.25) is 0 Å². The molecule has 0 aliphatic heterocycles. The zero-order valence-electron chi connectivity index (χ0n) is 16.7. The summed E-state index contributed by atoms with van der Waals surface area (Å²) in [6, 6.07) is 8.07. The van der Waals surface area contributed by atoms with Gasteiger partial charge in [0.05, 0.1) is 5.39 Å². The highest BCUT2D eigenvalue weighted by atomic mass is 32.1. The number of carbonyl (C=O) groups excluding carboxylic acids is 1. The third kappa shape index (κ3) is 3.65. The number of aromatic nitrogens is 3. The number of anilines is 1. The van der Waals surface area contributed by atoms with Gasteiger partial charge in [-0.25, -0.2) is 9.97 Å². The van der Waals surface area contributed by atoms with Crippen LogP contribution in [0.2, 0.25) is 0 Å². The summed E-state index contributed by atoms with van der Waals surface area (Å²) >= 11 is 1.71. The minimum atomic E-state index is -0.260. The summed E-state index contributed by atoms with van der Waals surface area (Å²) in [5.41, 5.74) is 9.79. The van der Waals surface area contributed by atoms with Crippen LogP contribution in [0.4, 0.5) is 5.82 Å². The second-order valence-corrected chi connectivity index (χ2v) is 8.87. The molecule has 0 amide bonds. The lowest BCUT2D eigenvalue weighted by atomic mass is 10.1. The van der Waals surface area contributed by atoms with Crippen LogP contribution >= 0.6 is 11.3 Å². The maximum atomic E-state index is 12.3. The van der Waals surface area contributed by atoms with Crippen molar-refractivity contribution in [2.75, 3.05) is 5.73 Å². The molecule has 0 saturated heterocycles. The summed E-state index contributed by atoms with van der Waals surface area (Å²) < 4.78 is 5.44. The van der Waals surface area contributed by atoms with Crippen molar-refractivity contribution in [2.45, 2.75) is 51.6 Å². The Morgan fingerprint density at radius 1 is 1.17 bits per heavy atom. The largest absolute Gasteiger partial charge is 0.457 e. The lowest BCUT2D eigenvalue weighted by Crippen LogP contribution is -2.09. The second-order valence-electron chi connectivity index (χ2n) is 7.79. The Kier molecular flexibility index (Phi) is 5.12. The number of rotatable bonds is 5. The van der Waals surface area contributed by atoms with E-state index in [1.165, 1.54) is 29.7 Å². The van der Waals surface area contributed by atoms with E-state index in [1.54, 1.807) is 11.3 Å². The molecule has 1 aliphatic carbocycles. The molecule has 30 heavy (non-hydrogen) atoms. The smallest absolute Gasteiger partial charge is 0.306 e. The first-order valence-corrected chi connectivity index (χ1v) is 11.3. The van der Waals surface area contributed by atoms with Crippen LogP contribution in [0.25, 0.3) is 21.1 Å². The molecule has 3 aromatic heterocycles. The molecule has 6 nitrogen and oxygen atoms in total. The van der Waals surface area contributed by atoms with Gasteiger partial charge < -0.3 is 15.5 Å². The lowest BCUT2D eigenvalue weighted by Gasteiger charge is -2.06. The van der Waals surface area contributed by atoms with Gasteiger partial charge in [-0.1, -0.05) is 24.6 Å². The van der Waals surface area contributed by atoms with E-state index < -0.39 is 0 Å². The van der Waals surface area contributed by atoms with Crippen molar-refractivity contribution in [3.05, 3.63) is 52.3 Å². The molecular weight excluding hydrogens is 396 g/mol. The zero-order chi connectivity index (χ0) is 20.5. The van der Waals surface area contributed by atoms with Crippen molar-refractivity contribution in [1.82, 2.24) is 15.0 Å². The first-order valence-electron chi connectivity index (χ1n) is 10.5. The number of thiophene rings is 1.